The van der Waals surface area contributed by atoms with Gasteiger partial charge in [-0.05, 0) is 36.6 Å². The predicted molar refractivity (Wildman–Crippen MR) is 133 cm³/mol. The van der Waals surface area contributed by atoms with Crippen LogP contribution in [-0.2, 0) is 26.2 Å². The van der Waals surface area contributed by atoms with E-state index in [0.717, 1.165) is 22.5 Å². The lowest BCUT2D eigenvalue weighted by molar-refractivity contribution is -0.140. The van der Waals surface area contributed by atoms with E-state index in [4.69, 9.17) is 23.2 Å². The Morgan fingerprint density at radius 2 is 1.70 bits per heavy atom. The lowest BCUT2D eigenvalue weighted by Gasteiger charge is -2.33. The summed E-state index contributed by atoms with van der Waals surface area (Å²) in [6.07, 6.45) is 2.14. The Kier molecular flexibility index (Phi) is 10.0. The van der Waals surface area contributed by atoms with Crippen molar-refractivity contribution in [3.63, 3.8) is 0 Å². The Morgan fingerprint density at radius 1 is 1.03 bits per heavy atom. The van der Waals surface area contributed by atoms with E-state index >= 15 is 0 Å². The summed E-state index contributed by atoms with van der Waals surface area (Å²) >= 11 is 12.0. The Morgan fingerprint density at radius 3 is 2.24 bits per heavy atom. The number of benzene rings is 2. The largest absolute Gasteiger partial charge is 0.354 e. The van der Waals surface area contributed by atoms with Crippen molar-refractivity contribution in [1.29, 1.82) is 0 Å². The average Bonchev–Trinajstić information content (AvgIpc) is 2.77. The van der Waals surface area contributed by atoms with Crippen molar-refractivity contribution in [3.05, 3.63) is 64.1 Å². The Labute approximate surface area is 205 Å². The van der Waals surface area contributed by atoms with Gasteiger partial charge >= 0.3 is 0 Å². The van der Waals surface area contributed by atoms with Gasteiger partial charge in [0.2, 0.25) is 21.8 Å². The standard InChI is InChI=1S/C23H29Cl2N3O4S/c1-4-13-26-23(30)21(5-2)27(15-17-9-7-6-8-10-17)22(29)16-28(33(3,31)32)18-11-12-19(24)20(25)14-18/h6-12,14,21H,4-5,13,15-16H2,1-3H3,(H,26,30). The van der Waals surface area contributed by atoms with Gasteiger partial charge in [-0.3, -0.25) is 13.9 Å². The number of carbonyl (C=O) groups is 2. The number of carbonyl (C=O) groups excluding carboxylic acids is 2. The molecule has 2 aromatic carbocycles. The Hall–Kier alpha value is -2.29. The highest BCUT2D eigenvalue weighted by atomic mass is 35.5. The molecule has 0 fully saturated rings. The molecule has 2 amide bonds. The third-order valence-corrected chi connectivity index (χ3v) is 6.88. The highest BCUT2D eigenvalue weighted by molar-refractivity contribution is 7.92. The molecule has 0 bridgehead atoms. The first-order valence-corrected chi connectivity index (χ1v) is 13.2. The summed E-state index contributed by atoms with van der Waals surface area (Å²) in [6.45, 7) is 3.92. The molecular weight excluding hydrogens is 485 g/mol. The molecule has 2 aromatic rings. The summed E-state index contributed by atoms with van der Waals surface area (Å²) in [7, 11) is -3.83. The van der Waals surface area contributed by atoms with Crippen LogP contribution in [0, 0.1) is 0 Å². The Bertz CT molecular complexity index is 1060. The molecule has 7 nitrogen and oxygen atoms in total. The molecule has 1 N–H and O–H groups in total. The lowest BCUT2D eigenvalue weighted by atomic mass is 10.1. The number of nitrogens with zero attached hydrogens (tertiary/aromatic N) is 2. The van der Waals surface area contributed by atoms with E-state index in [9.17, 15) is 18.0 Å². The van der Waals surface area contributed by atoms with Crippen molar-refractivity contribution < 1.29 is 18.0 Å². The third-order valence-electron chi connectivity index (χ3n) is 5.00. The first-order chi connectivity index (χ1) is 15.6. The summed E-state index contributed by atoms with van der Waals surface area (Å²) in [6, 6.07) is 12.8. The zero-order chi connectivity index (χ0) is 24.6. The SMILES string of the molecule is CCCNC(=O)C(CC)N(Cc1ccccc1)C(=O)CN(c1ccc(Cl)c(Cl)c1)S(C)(=O)=O. The number of rotatable bonds is 11. The summed E-state index contributed by atoms with van der Waals surface area (Å²) < 4.78 is 26.1. The topological polar surface area (TPSA) is 86.8 Å². The van der Waals surface area contributed by atoms with Gasteiger partial charge in [-0.15, -0.1) is 0 Å². The van der Waals surface area contributed by atoms with Crippen molar-refractivity contribution in [2.75, 3.05) is 23.7 Å². The normalized spacial score (nSPS) is 12.2. The van der Waals surface area contributed by atoms with Gasteiger partial charge in [0.05, 0.1) is 22.0 Å². The number of hydrogen-bond acceptors (Lipinski definition) is 4. The fourth-order valence-electron chi connectivity index (χ4n) is 3.32. The second kappa shape index (κ2) is 12.3. The molecule has 33 heavy (non-hydrogen) atoms. The fourth-order valence-corrected chi connectivity index (χ4v) is 4.45. The van der Waals surface area contributed by atoms with Crippen LogP contribution in [0.1, 0.15) is 32.3 Å². The van der Waals surface area contributed by atoms with Crippen LogP contribution in [0.5, 0.6) is 0 Å². The lowest BCUT2D eigenvalue weighted by Crippen LogP contribution is -2.52. The van der Waals surface area contributed by atoms with E-state index in [1.54, 1.807) is 0 Å². The van der Waals surface area contributed by atoms with Gasteiger partial charge in [0.25, 0.3) is 0 Å². The van der Waals surface area contributed by atoms with E-state index < -0.39 is 28.5 Å². The van der Waals surface area contributed by atoms with Crippen molar-refractivity contribution in [2.45, 2.75) is 39.3 Å². The average molecular weight is 514 g/mol. The molecule has 0 aliphatic carbocycles. The van der Waals surface area contributed by atoms with Crippen LogP contribution in [0.2, 0.25) is 10.0 Å². The first kappa shape index (κ1) is 27.0. The summed E-state index contributed by atoms with van der Waals surface area (Å²) in [5, 5.41) is 3.27. The van der Waals surface area contributed by atoms with Gasteiger partial charge in [-0.25, -0.2) is 8.42 Å². The first-order valence-electron chi connectivity index (χ1n) is 10.6. The molecule has 1 atom stereocenters. The van der Waals surface area contributed by atoms with Crippen molar-refractivity contribution >= 4 is 50.7 Å². The van der Waals surface area contributed by atoms with Gasteiger partial charge in [-0.1, -0.05) is 67.4 Å². The molecule has 0 saturated heterocycles. The molecular formula is C23H29Cl2N3O4S. The van der Waals surface area contributed by atoms with E-state index in [1.807, 2.05) is 44.2 Å². The quantitative estimate of drug-likeness (QED) is 0.490. The van der Waals surface area contributed by atoms with Crippen molar-refractivity contribution in [3.8, 4) is 0 Å². The molecule has 0 aromatic heterocycles. The molecule has 0 spiro atoms. The molecule has 180 valence electrons. The van der Waals surface area contributed by atoms with Gasteiger partial charge in [0.1, 0.15) is 12.6 Å². The van der Waals surface area contributed by atoms with E-state index in [1.165, 1.54) is 23.1 Å². The molecule has 2 rings (SSSR count). The number of nitrogens with one attached hydrogen (secondary N) is 1. The van der Waals surface area contributed by atoms with Crippen molar-refractivity contribution in [1.82, 2.24) is 10.2 Å². The van der Waals surface area contributed by atoms with E-state index in [2.05, 4.69) is 5.32 Å². The zero-order valence-corrected chi connectivity index (χ0v) is 21.3. The smallest absolute Gasteiger partial charge is 0.244 e. The maximum absolute atomic E-state index is 13.5. The monoisotopic (exact) mass is 513 g/mol. The second-order valence-electron chi connectivity index (χ2n) is 7.59. The van der Waals surface area contributed by atoms with Crippen LogP contribution >= 0.6 is 23.2 Å². The number of halogens is 2. The zero-order valence-electron chi connectivity index (χ0n) is 18.9. The maximum Gasteiger partial charge on any atom is 0.244 e. The highest BCUT2D eigenvalue weighted by Gasteiger charge is 2.31. The number of amides is 2. The second-order valence-corrected chi connectivity index (χ2v) is 10.3. The third kappa shape index (κ3) is 7.62. The van der Waals surface area contributed by atoms with Gasteiger partial charge in [0.15, 0.2) is 0 Å². The van der Waals surface area contributed by atoms with Crippen molar-refractivity contribution in [2.24, 2.45) is 0 Å². The van der Waals surface area contributed by atoms with Gasteiger partial charge in [-0.2, -0.15) is 0 Å². The predicted octanol–water partition coefficient (Wildman–Crippen LogP) is 4.09. The highest BCUT2D eigenvalue weighted by Crippen LogP contribution is 2.28. The van der Waals surface area contributed by atoms with Gasteiger partial charge in [0, 0.05) is 13.1 Å². The van der Waals surface area contributed by atoms with Gasteiger partial charge < -0.3 is 10.2 Å². The number of anilines is 1. The fraction of sp³-hybridized carbons (Fsp3) is 0.391. The molecule has 0 aliphatic heterocycles. The summed E-state index contributed by atoms with van der Waals surface area (Å²) in [5.74, 6) is -0.780. The van der Waals surface area contributed by atoms with E-state index in [0.29, 0.717) is 13.0 Å². The molecule has 10 heteroatoms. The minimum atomic E-state index is -3.83. The number of hydrogen-bond donors (Lipinski definition) is 1. The molecule has 0 saturated carbocycles. The number of sulfonamides is 1. The summed E-state index contributed by atoms with van der Waals surface area (Å²) in [4.78, 5) is 27.8. The molecule has 0 aliphatic rings. The molecule has 1 unspecified atom stereocenters. The molecule has 0 heterocycles. The van der Waals surface area contributed by atoms with Crippen LogP contribution in [0.4, 0.5) is 5.69 Å². The van der Waals surface area contributed by atoms with E-state index in [-0.39, 0.29) is 28.2 Å². The molecule has 0 radical (unpaired) electrons. The van der Waals surface area contributed by atoms with Crippen LogP contribution < -0.4 is 9.62 Å². The summed E-state index contributed by atoms with van der Waals surface area (Å²) in [5.41, 5.74) is 1.04. The van der Waals surface area contributed by atoms with Crippen LogP contribution in [0.25, 0.3) is 0 Å². The maximum atomic E-state index is 13.5. The van der Waals surface area contributed by atoms with Crippen LogP contribution in [-0.4, -0.2) is 50.5 Å². The van der Waals surface area contributed by atoms with Crippen LogP contribution in [0.3, 0.4) is 0 Å². The van der Waals surface area contributed by atoms with Crippen LogP contribution in [0.15, 0.2) is 48.5 Å². The minimum absolute atomic E-state index is 0.163. The minimum Gasteiger partial charge on any atom is -0.354 e. The Balaban J connectivity index is 2.41.